The van der Waals surface area contributed by atoms with Crippen LogP contribution in [0.2, 0.25) is 0 Å². The average Bonchev–Trinajstić information content (AvgIpc) is 2.70. The maximum atomic E-state index is 11.2. The lowest BCUT2D eigenvalue weighted by Crippen LogP contribution is -1.99. The number of benzene rings is 1. The Balaban J connectivity index is 2.57. The Morgan fingerprint density at radius 3 is 3.07 bits per heavy atom. The van der Waals surface area contributed by atoms with Crippen molar-refractivity contribution in [3.05, 3.63) is 28.8 Å². The number of esters is 1. The Kier molecular flexibility index (Phi) is 2.35. The third-order valence-electron chi connectivity index (χ3n) is 1.88. The number of carbonyl (C=O) groups excluding carboxylic acids is 1. The zero-order valence-corrected chi connectivity index (χ0v) is 8.67. The number of rotatable bonds is 1. The fourth-order valence-electron chi connectivity index (χ4n) is 1.17. The van der Waals surface area contributed by atoms with Crippen molar-refractivity contribution in [2.75, 3.05) is 7.11 Å². The molecule has 2 rings (SSSR count). The first-order valence-electron chi connectivity index (χ1n) is 4.13. The molecular formula is C10H6N2O2S. The number of hydrogen-bond acceptors (Lipinski definition) is 5. The van der Waals surface area contributed by atoms with E-state index in [9.17, 15) is 4.79 Å². The number of thiazole rings is 1. The molecule has 0 fully saturated rings. The summed E-state index contributed by atoms with van der Waals surface area (Å²) in [6.45, 7) is 0. The first-order chi connectivity index (χ1) is 7.24. The van der Waals surface area contributed by atoms with Crippen LogP contribution in [0.4, 0.5) is 0 Å². The van der Waals surface area contributed by atoms with Gasteiger partial charge < -0.3 is 4.74 Å². The van der Waals surface area contributed by atoms with Crippen LogP contribution in [0.15, 0.2) is 18.2 Å². The van der Waals surface area contributed by atoms with E-state index in [4.69, 9.17) is 5.26 Å². The van der Waals surface area contributed by atoms with Gasteiger partial charge in [-0.05, 0) is 18.2 Å². The smallest absolute Gasteiger partial charge is 0.367 e. The fourth-order valence-corrected chi connectivity index (χ4v) is 2.04. The molecule has 74 valence electrons. The molecule has 0 saturated heterocycles. The number of nitrogens with zero attached hydrogens (tertiary/aromatic N) is 2. The Morgan fingerprint density at radius 2 is 2.40 bits per heavy atom. The van der Waals surface area contributed by atoms with Crippen molar-refractivity contribution in [2.45, 2.75) is 0 Å². The van der Waals surface area contributed by atoms with Gasteiger partial charge in [0.1, 0.15) is 0 Å². The van der Waals surface area contributed by atoms with Gasteiger partial charge in [0, 0.05) is 0 Å². The van der Waals surface area contributed by atoms with E-state index in [-0.39, 0.29) is 0 Å². The van der Waals surface area contributed by atoms with E-state index in [1.165, 1.54) is 18.4 Å². The molecule has 15 heavy (non-hydrogen) atoms. The molecule has 1 aromatic heterocycles. The van der Waals surface area contributed by atoms with Crippen LogP contribution in [0.5, 0.6) is 0 Å². The van der Waals surface area contributed by atoms with E-state index < -0.39 is 5.97 Å². The number of methoxy groups -OCH3 is 1. The molecule has 4 nitrogen and oxygen atoms in total. The van der Waals surface area contributed by atoms with Crippen molar-refractivity contribution < 1.29 is 9.53 Å². The fraction of sp³-hybridized carbons (Fsp3) is 0.100. The number of carbonyl (C=O) groups is 1. The minimum atomic E-state index is -0.449. The molecule has 0 spiro atoms. The summed E-state index contributed by atoms with van der Waals surface area (Å²) in [6, 6.07) is 7.14. The van der Waals surface area contributed by atoms with Gasteiger partial charge in [-0.1, -0.05) is 0 Å². The van der Waals surface area contributed by atoms with E-state index in [0.29, 0.717) is 16.1 Å². The summed E-state index contributed by atoms with van der Waals surface area (Å²) < 4.78 is 5.44. The highest BCUT2D eigenvalue weighted by Crippen LogP contribution is 2.23. The third kappa shape index (κ3) is 1.67. The molecule has 2 aromatic rings. The van der Waals surface area contributed by atoms with Crippen molar-refractivity contribution in [1.29, 1.82) is 5.26 Å². The maximum absolute atomic E-state index is 11.2. The van der Waals surface area contributed by atoms with Gasteiger partial charge in [-0.15, -0.1) is 11.3 Å². The number of nitriles is 1. The minimum Gasteiger partial charge on any atom is -0.464 e. The molecule has 5 heteroatoms. The lowest BCUT2D eigenvalue weighted by Gasteiger charge is -1.89. The largest absolute Gasteiger partial charge is 0.464 e. The van der Waals surface area contributed by atoms with Crippen LogP contribution >= 0.6 is 11.3 Å². The third-order valence-corrected chi connectivity index (χ3v) is 2.89. The van der Waals surface area contributed by atoms with Crippen LogP contribution < -0.4 is 0 Å². The molecule has 0 radical (unpaired) electrons. The topological polar surface area (TPSA) is 63.0 Å². The van der Waals surface area contributed by atoms with Gasteiger partial charge in [-0.3, -0.25) is 0 Å². The summed E-state index contributed by atoms with van der Waals surface area (Å²) in [5, 5.41) is 9.00. The predicted molar refractivity (Wildman–Crippen MR) is 55.7 cm³/mol. The SMILES string of the molecule is COC(=O)c1nc2cc(C#N)ccc2s1. The molecular weight excluding hydrogens is 212 g/mol. The molecule has 0 amide bonds. The summed E-state index contributed by atoms with van der Waals surface area (Å²) in [5.74, 6) is -0.449. The van der Waals surface area contributed by atoms with Crippen molar-refractivity contribution in [3.8, 4) is 6.07 Å². The van der Waals surface area contributed by atoms with Gasteiger partial charge in [0.25, 0.3) is 0 Å². The average molecular weight is 218 g/mol. The van der Waals surface area contributed by atoms with Crippen LogP contribution in [0, 0.1) is 11.3 Å². The monoisotopic (exact) mass is 218 g/mol. The summed E-state index contributed by atoms with van der Waals surface area (Å²) in [5.41, 5.74) is 1.18. The van der Waals surface area contributed by atoms with Gasteiger partial charge in [-0.25, -0.2) is 9.78 Å². The van der Waals surface area contributed by atoms with Crippen LogP contribution in [-0.2, 0) is 4.74 Å². The lowest BCUT2D eigenvalue weighted by molar-refractivity contribution is 0.0600. The second-order valence-corrected chi connectivity index (χ2v) is 3.84. The quantitative estimate of drug-likeness (QED) is 0.686. The predicted octanol–water partition coefficient (Wildman–Crippen LogP) is 1.95. The van der Waals surface area contributed by atoms with Gasteiger partial charge in [0.05, 0.1) is 29.0 Å². The Morgan fingerprint density at radius 1 is 1.60 bits per heavy atom. The molecule has 1 aromatic carbocycles. The number of ether oxygens (including phenoxy) is 1. The summed E-state index contributed by atoms with van der Waals surface area (Å²) in [7, 11) is 1.31. The highest BCUT2D eigenvalue weighted by atomic mass is 32.1. The van der Waals surface area contributed by atoms with E-state index in [0.717, 1.165) is 4.70 Å². The Bertz CT molecular complexity index is 568. The molecule has 0 N–H and O–H groups in total. The molecule has 0 unspecified atom stereocenters. The normalized spacial score (nSPS) is 9.87. The molecule has 0 atom stereocenters. The maximum Gasteiger partial charge on any atom is 0.367 e. The standard InChI is InChI=1S/C10H6N2O2S/c1-14-10(13)9-12-7-4-6(5-11)2-3-8(7)15-9/h2-4H,1H3. The van der Waals surface area contributed by atoms with Crippen LogP contribution in [0.3, 0.4) is 0 Å². The second-order valence-electron chi connectivity index (χ2n) is 2.80. The number of fused-ring (bicyclic) bond motifs is 1. The summed E-state index contributed by atoms with van der Waals surface area (Å²) in [6.07, 6.45) is 0. The van der Waals surface area contributed by atoms with Crippen molar-refractivity contribution in [3.63, 3.8) is 0 Å². The summed E-state index contributed by atoms with van der Waals surface area (Å²) in [4.78, 5) is 15.3. The van der Waals surface area contributed by atoms with Crippen LogP contribution in [0.1, 0.15) is 15.4 Å². The highest BCUT2D eigenvalue weighted by molar-refractivity contribution is 7.20. The first kappa shape index (κ1) is 9.62. The minimum absolute atomic E-state index is 0.308. The highest BCUT2D eigenvalue weighted by Gasteiger charge is 2.12. The van der Waals surface area contributed by atoms with Crippen LogP contribution in [0.25, 0.3) is 10.2 Å². The molecule has 0 saturated carbocycles. The van der Waals surface area contributed by atoms with E-state index in [1.54, 1.807) is 18.2 Å². The van der Waals surface area contributed by atoms with E-state index in [2.05, 4.69) is 9.72 Å². The van der Waals surface area contributed by atoms with Crippen molar-refractivity contribution in [2.24, 2.45) is 0 Å². The van der Waals surface area contributed by atoms with Crippen molar-refractivity contribution in [1.82, 2.24) is 4.98 Å². The second kappa shape index (κ2) is 3.67. The molecule has 0 aliphatic carbocycles. The van der Waals surface area contributed by atoms with Gasteiger partial charge in [0.2, 0.25) is 5.01 Å². The molecule has 0 bridgehead atoms. The number of aromatic nitrogens is 1. The zero-order valence-electron chi connectivity index (χ0n) is 7.85. The number of hydrogen-bond donors (Lipinski definition) is 0. The van der Waals surface area contributed by atoms with Gasteiger partial charge in [-0.2, -0.15) is 5.26 Å². The summed E-state index contributed by atoms with van der Waals surface area (Å²) >= 11 is 1.25. The zero-order chi connectivity index (χ0) is 10.8. The molecule has 0 aliphatic heterocycles. The van der Waals surface area contributed by atoms with Gasteiger partial charge >= 0.3 is 5.97 Å². The Labute approximate surface area is 89.7 Å². The van der Waals surface area contributed by atoms with Gasteiger partial charge in [0.15, 0.2) is 0 Å². The van der Waals surface area contributed by atoms with E-state index >= 15 is 0 Å². The lowest BCUT2D eigenvalue weighted by atomic mass is 10.2. The molecule has 0 aliphatic rings. The van der Waals surface area contributed by atoms with Crippen molar-refractivity contribution >= 4 is 27.5 Å². The van der Waals surface area contributed by atoms with Crippen LogP contribution in [-0.4, -0.2) is 18.1 Å². The first-order valence-corrected chi connectivity index (χ1v) is 4.95. The molecule has 1 heterocycles. The van der Waals surface area contributed by atoms with E-state index in [1.807, 2.05) is 6.07 Å². The Hall–Kier alpha value is -1.93.